The summed E-state index contributed by atoms with van der Waals surface area (Å²) in [5.74, 6) is -1.52. The van der Waals surface area contributed by atoms with Crippen molar-refractivity contribution in [1.82, 2.24) is 5.32 Å². The molecular formula is C15H21F2NO. The summed E-state index contributed by atoms with van der Waals surface area (Å²) in [6.07, 6.45) is 4.32. The number of hydrogen-bond acceptors (Lipinski definition) is 2. The van der Waals surface area contributed by atoms with Crippen molar-refractivity contribution in [3.05, 3.63) is 35.4 Å². The topological polar surface area (TPSA) is 21.3 Å². The molecular weight excluding hydrogens is 248 g/mol. The van der Waals surface area contributed by atoms with Crippen LogP contribution in [0.5, 0.6) is 0 Å². The molecule has 0 spiro atoms. The Morgan fingerprint density at radius 1 is 1.26 bits per heavy atom. The van der Waals surface area contributed by atoms with Crippen molar-refractivity contribution in [3.8, 4) is 0 Å². The summed E-state index contributed by atoms with van der Waals surface area (Å²) in [6.45, 7) is 2.44. The lowest BCUT2D eigenvalue weighted by Crippen LogP contribution is -2.42. The second-order valence-electron chi connectivity index (χ2n) is 5.45. The van der Waals surface area contributed by atoms with Crippen LogP contribution in [0.3, 0.4) is 0 Å². The molecule has 4 heteroatoms. The number of hydrogen-bond donors (Lipinski definition) is 1. The molecule has 0 bridgehead atoms. The minimum absolute atomic E-state index is 0.206. The van der Waals surface area contributed by atoms with Gasteiger partial charge < -0.3 is 10.1 Å². The fourth-order valence-corrected chi connectivity index (χ4v) is 2.70. The standard InChI is InChI=1S/C15H21F2NO/c1-19-8-7-18-11-15(5-2-6-15)10-12-3-4-13(16)14(17)9-12/h3-4,9,18H,2,5-8,10-11H2,1H3. The zero-order valence-electron chi connectivity index (χ0n) is 11.3. The molecule has 106 valence electrons. The van der Waals surface area contributed by atoms with E-state index in [0.717, 1.165) is 37.9 Å². The molecule has 1 aliphatic carbocycles. The minimum atomic E-state index is -0.773. The average molecular weight is 269 g/mol. The maximum absolute atomic E-state index is 13.2. The lowest BCUT2D eigenvalue weighted by molar-refractivity contribution is 0.123. The molecule has 1 aromatic carbocycles. The molecule has 0 radical (unpaired) electrons. The van der Waals surface area contributed by atoms with Crippen LogP contribution in [0.25, 0.3) is 0 Å². The second-order valence-corrected chi connectivity index (χ2v) is 5.45. The quantitative estimate of drug-likeness (QED) is 0.768. The van der Waals surface area contributed by atoms with Crippen molar-refractivity contribution in [1.29, 1.82) is 0 Å². The van der Waals surface area contributed by atoms with Gasteiger partial charge in [-0.3, -0.25) is 0 Å². The Bertz CT molecular complexity index is 419. The van der Waals surface area contributed by atoms with Crippen LogP contribution < -0.4 is 5.32 Å². The summed E-state index contributed by atoms with van der Waals surface area (Å²) < 4.78 is 31.1. The van der Waals surface area contributed by atoms with Gasteiger partial charge in [-0.1, -0.05) is 12.5 Å². The summed E-state index contributed by atoms with van der Waals surface area (Å²) in [5, 5.41) is 3.38. The van der Waals surface area contributed by atoms with E-state index in [0.29, 0.717) is 6.61 Å². The molecule has 2 nitrogen and oxygen atoms in total. The Kier molecular flexibility index (Phi) is 4.88. The Morgan fingerprint density at radius 3 is 2.63 bits per heavy atom. The van der Waals surface area contributed by atoms with Crippen LogP contribution in [0.4, 0.5) is 8.78 Å². The SMILES string of the molecule is COCCNCC1(Cc2ccc(F)c(F)c2)CCC1. The van der Waals surface area contributed by atoms with Gasteiger partial charge in [-0.2, -0.15) is 0 Å². The highest BCUT2D eigenvalue weighted by Gasteiger charge is 2.36. The molecule has 0 heterocycles. The number of nitrogens with one attached hydrogen (secondary N) is 1. The van der Waals surface area contributed by atoms with Gasteiger partial charge in [-0.25, -0.2) is 8.78 Å². The molecule has 0 atom stereocenters. The Morgan fingerprint density at radius 2 is 2.05 bits per heavy atom. The van der Waals surface area contributed by atoms with Crippen LogP contribution in [0.15, 0.2) is 18.2 Å². The van der Waals surface area contributed by atoms with Crippen LogP contribution in [0.1, 0.15) is 24.8 Å². The van der Waals surface area contributed by atoms with Gasteiger partial charge in [-0.15, -0.1) is 0 Å². The van der Waals surface area contributed by atoms with E-state index in [9.17, 15) is 8.78 Å². The van der Waals surface area contributed by atoms with Crippen molar-refractivity contribution in [2.45, 2.75) is 25.7 Å². The van der Waals surface area contributed by atoms with Crippen LogP contribution >= 0.6 is 0 Å². The highest BCUT2D eigenvalue weighted by molar-refractivity contribution is 5.20. The van der Waals surface area contributed by atoms with E-state index >= 15 is 0 Å². The molecule has 1 aromatic rings. The van der Waals surface area contributed by atoms with E-state index in [1.807, 2.05) is 0 Å². The first-order valence-electron chi connectivity index (χ1n) is 6.79. The zero-order chi connectivity index (χ0) is 13.7. The first kappa shape index (κ1) is 14.4. The fraction of sp³-hybridized carbons (Fsp3) is 0.600. The summed E-state index contributed by atoms with van der Waals surface area (Å²) in [5.41, 5.74) is 1.09. The minimum Gasteiger partial charge on any atom is -0.383 e. The van der Waals surface area contributed by atoms with E-state index < -0.39 is 11.6 Å². The summed E-state index contributed by atoms with van der Waals surface area (Å²) in [6, 6.07) is 4.23. The molecule has 19 heavy (non-hydrogen) atoms. The maximum Gasteiger partial charge on any atom is 0.159 e. The van der Waals surface area contributed by atoms with Gasteiger partial charge >= 0.3 is 0 Å². The highest BCUT2D eigenvalue weighted by atomic mass is 19.2. The van der Waals surface area contributed by atoms with Crippen molar-refractivity contribution in [2.24, 2.45) is 5.41 Å². The Balaban J connectivity index is 1.92. The largest absolute Gasteiger partial charge is 0.383 e. The van der Waals surface area contributed by atoms with Gasteiger partial charge in [0.15, 0.2) is 11.6 Å². The number of methoxy groups -OCH3 is 1. The molecule has 0 amide bonds. The molecule has 2 rings (SSSR count). The predicted molar refractivity (Wildman–Crippen MR) is 71.1 cm³/mol. The van der Waals surface area contributed by atoms with Crippen molar-refractivity contribution >= 4 is 0 Å². The lowest BCUT2D eigenvalue weighted by Gasteiger charge is -2.42. The first-order valence-corrected chi connectivity index (χ1v) is 6.79. The van der Waals surface area contributed by atoms with Gasteiger partial charge in [0.2, 0.25) is 0 Å². The molecule has 0 unspecified atom stereocenters. The number of rotatable bonds is 7. The van der Waals surface area contributed by atoms with Gasteiger partial charge in [0.25, 0.3) is 0 Å². The molecule has 1 saturated carbocycles. The fourth-order valence-electron chi connectivity index (χ4n) is 2.70. The third-order valence-electron chi connectivity index (χ3n) is 3.96. The van der Waals surface area contributed by atoms with Gasteiger partial charge in [0, 0.05) is 20.2 Å². The van der Waals surface area contributed by atoms with Crippen molar-refractivity contribution in [3.63, 3.8) is 0 Å². The molecule has 1 aliphatic rings. The smallest absolute Gasteiger partial charge is 0.159 e. The lowest BCUT2D eigenvalue weighted by atomic mass is 9.65. The Labute approximate surface area is 113 Å². The number of benzene rings is 1. The predicted octanol–water partition coefficient (Wildman–Crippen LogP) is 2.91. The maximum atomic E-state index is 13.2. The molecule has 1 fully saturated rings. The van der Waals surface area contributed by atoms with E-state index in [4.69, 9.17) is 4.74 Å². The molecule has 0 saturated heterocycles. The number of ether oxygens (including phenoxy) is 1. The van der Waals surface area contributed by atoms with Crippen LogP contribution in [0, 0.1) is 17.0 Å². The monoisotopic (exact) mass is 269 g/mol. The molecule has 0 aliphatic heterocycles. The highest BCUT2D eigenvalue weighted by Crippen LogP contribution is 2.43. The van der Waals surface area contributed by atoms with Gasteiger partial charge in [0.1, 0.15) is 0 Å². The van der Waals surface area contributed by atoms with E-state index in [1.54, 1.807) is 13.2 Å². The normalized spacial score (nSPS) is 17.2. The summed E-state index contributed by atoms with van der Waals surface area (Å²) >= 11 is 0. The zero-order valence-corrected chi connectivity index (χ0v) is 11.3. The summed E-state index contributed by atoms with van der Waals surface area (Å²) in [7, 11) is 1.68. The number of halogens is 2. The van der Waals surface area contributed by atoms with E-state index in [-0.39, 0.29) is 5.41 Å². The van der Waals surface area contributed by atoms with Crippen LogP contribution in [-0.4, -0.2) is 26.8 Å². The van der Waals surface area contributed by atoms with Crippen molar-refractivity contribution < 1.29 is 13.5 Å². The second kappa shape index (κ2) is 6.44. The first-order chi connectivity index (χ1) is 9.15. The third-order valence-corrected chi connectivity index (χ3v) is 3.96. The van der Waals surface area contributed by atoms with E-state index in [1.165, 1.54) is 18.6 Å². The van der Waals surface area contributed by atoms with Crippen LogP contribution in [-0.2, 0) is 11.2 Å². The van der Waals surface area contributed by atoms with Gasteiger partial charge in [0.05, 0.1) is 6.61 Å². The molecule has 1 N–H and O–H groups in total. The van der Waals surface area contributed by atoms with Crippen LogP contribution in [0.2, 0.25) is 0 Å². The molecule has 0 aromatic heterocycles. The van der Waals surface area contributed by atoms with Crippen molar-refractivity contribution in [2.75, 3.05) is 26.8 Å². The Hall–Kier alpha value is -1.00. The van der Waals surface area contributed by atoms with Gasteiger partial charge in [-0.05, 0) is 42.4 Å². The third kappa shape index (κ3) is 3.74. The summed E-state index contributed by atoms with van der Waals surface area (Å²) in [4.78, 5) is 0. The van der Waals surface area contributed by atoms with E-state index in [2.05, 4.69) is 5.32 Å². The average Bonchev–Trinajstić information content (AvgIpc) is 2.35.